The van der Waals surface area contributed by atoms with E-state index in [-0.39, 0.29) is 24.7 Å². The molecule has 1 aliphatic rings. The number of carbonyl (C=O) groups is 3. The van der Waals surface area contributed by atoms with Gasteiger partial charge in [-0.2, -0.15) is 13.2 Å². The van der Waals surface area contributed by atoms with Gasteiger partial charge in [-0.05, 0) is 34.3 Å². The topological polar surface area (TPSA) is 104 Å². The molecule has 218 valence electrons. The number of carboxylic acids is 1. The van der Waals surface area contributed by atoms with E-state index in [1.54, 1.807) is 0 Å². The number of halogens is 3. The number of alkyl halides is 3. The monoisotopic (exact) mass is 617 g/mol. The first-order chi connectivity index (χ1) is 18.8. The van der Waals surface area contributed by atoms with Crippen molar-refractivity contribution in [1.29, 1.82) is 0 Å². The number of likely N-dealkylation sites (N-methyl/N-ethyl adjacent to an activating group) is 1. The predicted molar refractivity (Wildman–Crippen MR) is 145 cm³/mol. The molecule has 3 aromatic rings. The third-order valence-corrected chi connectivity index (χ3v) is 9.18. The van der Waals surface area contributed by atoms with Crippen LogP contribution in [-0.2, 0) is 27.2 Å². The number of ketones is 1. The van der Waals surface area contributed by atoms with Crippen molar-refractivity contribution in [2.24, 2.45) is 0 Å². The molecule has 3 aromatic heterocycles. The molecule has 2 unspecified atom stereocenters. The summed E-state index contributed by atoms with van der Waals surface area (Å²) < 4.78 is 38.2. The highest BCUT2D eigenvalue weighted by Crippen LogP contribution is 2.28. The van der Waals surface area contributed by atoms with E-state index in [4.69, 9.17) is 14.6 Å². The summed E-state index contributed by atoms with van der Waals surface area (Å²) in [5, 5.41) is 26.0. The highest BCUT2D eigenvalue weighted by molar-refractivity contribution is 7.12. The van der Waals surface area contributed by atoms with Crippen molar-refractivity contribution in [1.82, 2.24) is 0 Å². The van der Waals surface area contributed by atoms with E-state index in [1.165, 1.54) is 34.0 Å². The van der Waals surface area contributed by atoms with E-state index in [1.807, 2.05) is 52.5 Å². The number of aliphatic hydroxyl groups is 1. The first-order valence-electron chi connectivity index (χ1n) is 12.5. The number of ether oxygens (including phenoxy) is 1. The maximum atomic E-state index is 13.2. The molecule has 40 heavy (non-hydrogen) atoms. The second-order valence-corrected chi connectivity index (χ2v) is 12.9. The van der Waals surface area contributed by atoms with Crippen molar-refractivity contribution in [3.8, 4) is 0 Å². The summed E-state index contributed by atoms with van der Waals surface area (Å²) >= 11 is 4.57. The van der Waals surface area contributed by atoms with E-state index in [0.717, 1.165) is 45.0 Å². The summed E-state index contributed by atoms with van der Waals surface area (Å²) in [6, 6.07) is 11.5. The van der Waals surface area contributed by atoms with Crippen molar-refractivity contribution in [3.63, 3.8) is 0 Å². The fourth-order valence-corrected chi connectivity index (χ4v) is 6.80. The first kappa shape index (κ1) is 31.9. The fourth-order valence-electron chi connectivity index (χ4n) is 4.48. The lowest BCUT2D eigenvalue weighted by atomic mass is 9.93. The van der Waals surface area contributed by atoms with Crippen molar-refractivity contribution < 1.29 is 47.0 Å². The van der Waals surface area contributed by atoms with Gasteiger partial charge in [0, 0.05) is 41.9 Å². The average Bonchev–Trinajstić information content (AvgIpc) is 3.68. The van der Waals surface area contributed by atoms with Gasteiger partial charge in [-0.3, -0.25) is 4.79 Å². The second kappa shape index (κ2) is 13.9. The maximum absolute atomic E-state index is 13.2. The van der Waals surface area contributed by atoms with Crippen LogP contribution in [0.3, 0.4) is 0 Å². The van der Waals surface area contributed by atoms with Crippen molar-refractivity contribution in [2.75, 3.05) is 26.7 Å². The Morgan fingerprint density at radius 3 is 2.05 bits per heavy atom. The Labute approximate surface area is 242 Å². The molecule has 13 heteroatoms. The summed E-state index contributed by atoms with van der Waals surface area (Å²) in [6.07, 6.45) is -2.77. The number of aliphatic carboxylic acids is 1. The lowest BCUT2D eigenvalue weighted by molar-refractivity contribution is -0.899. The number of esters is 1. The molecule has 1 aliphatic heterocycles. The van der Waals surface area contributed by atoms with Gasteiger partial charge in [0.15, 0.2) is 17.5 Å². The van der Waals surface area contributed by atoms with Crippen LogP contribution in [0, 0.1) is 0 Å². The predicted octanol–water partition coefficient (Wildman–Crippen LogP) is 4.11. The van der Waals surface area contributed by atoms with Crippen LogP contribution < -0.4 is 5.11 Å². The minimum absolute atomic E-state index is 0.200. The first-order valence-corrected chi connectivity index (χ1v) is 15.1. The average molecular weight is 618 g/mol. The van der Waals surface area contributed by atoms with E-state index in [9.17, 15) is 27.9 Å². The normalized spacial score (nSPS) is 19.1. The molecular formula is C27H30F3NO6S3. The van der Waals surface area contributed by atoms with Crippen LogP contribution in [0.1, 0.15) is 38.7 Å². The van der Waals surface area contributed by atoms with E-state index >= 15 is 0 Å². The summed E-state index contributed by atoms with van der Waals surface area (Å²) in [6.45, 7) is 2.49. The van der Waals surface area contributed by atoms with E-state index in [0.29, 0.717) is 13.0 Å². The Hall–Kier alpha value is -2.58. The molecule has 0 spiro atoms. The molecule has 0 bridgehead atoms. The van der Waals surface area contributed by atoms with Crippen LogP contribution >= 0.6 is 34.0 Å². The quantitative estimate of drug-likeness (QED) is 0.197. The third kappa shape index (κ3) is 9.51. The van der Waals surface area contributed by atoms with Crippen molar-refractivity contribution in [3.05, 3.63) is 67.2 Å². The number of thiophene rings is 3. The Balaban J connectivity index is 0.000000559. The zero-order valence-corrected chi connectivity index (χ0v) is 24.2. The highest BCUT2D eigenvalue weighted by Gasteiger charge is 2.43. The molecule has 4 heterocycles. The summed E-state index contributed by atoms with van der Waals surface area (Å²) in [4.78, 5) is 37.0. The summed E-state index contributed by atoms with van der Waals surface area (Å²) in [5.41, 5.74) is -1.57. The van der Waals surface area contributed by atoms with E-state index < -0.39 is 23.7 Å². The molecular weight excluding hydrogens is 587 g/mol. The molecule has 7 nitrogen and oxygen atoms in total. The number of hydrogen-bond donors (Lipinski definition) is 1. The number of likely N-dealkylation sites (tertiary alicyclic amines) is 1. The SMILES string of the molecule is C[N+]1(CCCC(=O)c2cccs2)CCC(OC(=O)C(O)(Cc2cccs2)Cc2cccs2)C1.O=C([O-])C(F)(F)F. The van der Waals surface area contributed by atoms with Gasteiger partial charge in [-0.15, -0.1) is 34.0 Å². The van der Waals surface area contributed by atoms with Gasteiger partial charge in [0.25, 0.3) is 0 Å². The molecule has 0 amide bonds. The van der Waals surface area contributed by atoms with Gasteiger partial charge in [0.1, 0.15) is 12.5 Å². The van der Waals surface area contributed by atoms with Gasteiger partial charge in [0.05, 0.1) is 25.0 Å². The molecule has 0 radical (unpaired) electrons. The van der Waals surface area contributed by atoms with Gasteiger partial charge in [-0.25, -0.2) is 4.79 Å². The number of carboxylic acid groups (broad SMARTS) is 1. The van der Waals surface area contributed by atoms with Gasteiger partial charge in [0.2, 0.25) is 0 Å². The highest BCUT2D eigenvalue weighted by atomic mass is 32.1. The van der Waals surface area contributed by atoms with Gasteiger partial charge < -0.3 is 24.2 Å². The van der Waals surface area contributed by atoms with E-state index in [2.05, 4.69) is 7.05 Å². The Bertz CT molecular complexity index is 1190. The van der Waals surface area contributed by atoms with Crippen LogP contribution in [0.4, 0.5) is 13.2 Å². The van der Waals surface area contributed by atoms with Crippen molar-refractivity contribution in [2.45, 2.75) is 50.0 Å². The molecule has 1 fully saturated rings. The second-order valence-electron chi connectivity index (χ2n) is 9.90. The Morgan fingerprint density at radius 2 is 1.57 bits per heavy atom. The van der Waals surface area contributed by atoms with Crippen LogP contribution in [-0.4, -0.2) is 71.9 Å². The minimum Gasteiger partial charge on any atom is -0.542 e. The van der Waals surface area contributed by atoms with Crippen molar-refractivity contribution >= 4 is 51.7 Å². The summed E-state index contributed by atoms with van der Waals surface area (Å²) in [7, 11) is 2.16. The molecule has 0 aliphatic carbocycles. The lowest BCUT2D eigenvalue weighted by Gasteiger charge is -2.30. The number of hydrogen-bond acceptors (Lipinski definition) is 9. The molecule has 1 saturated heterocycles. The maximum Gasteiger partial charge on any atom is 0.430 e. The molecule has 1 N–H and O–H groups in total. The number of carbonyl (C=O) groups excluding carboxylic acids is 3. The van der Waals surface area contributed by atoms with Crippen LogP contribution in [0.5, 0.6) is 0 Å². The van der Waals surface area contributed by atoms with Crippen LogP contribution in [0.15, 0.2) is 52.5 Å². The minimum atomic E-state index is -5.19. The largest absolute Gasteiger partial charge is 0.542 e. The van der Waals surface area contributed by atoms with Gasteiger partial charge >= 0.3 is 12.1 Å². The molecule has 0 aromatic carbocycles. The zero-order valence-electron chi connectivity index (χ0n) is 21.7. The third-order valence-electron chi connectivity index (χ3n) is 6.51. The molecule has 0 saturated carbocycles. The number of nitrogens with zero attached hydrogens (tertiary/aromatic N) is 1. The fraction of sp³-hybridized carbons (Fsp3) is 0.444. The molecule has 2 atom stereocenters. The lowest BCUT2D eigenvalue weighted by Crippen LogP contribution is -2.47. The van der Waals surface area contributed by atoms with Crippen LogP contribution in [0.25, 0.3) is 0 Å². The standard InChI is InChI=1S/C25H30NO4S3.C2HF3O2/c1-26(11-2-8-22(27)23-9-5-15-33-23)12-10-19(18-26)30-24(28)25(29,16-20-6-3-13-31-20)17-21-7-4-14-32-21;3-2(4,5)1(6)7/h3-7,9,13-15,19,29H,2,8,10-12,16-18H2,1H3;(H,6,7)/q+1;/p-1. The zero-order chi connectivity index (χ0) is 29.4. The number of rotatable bonds is 11. The smallest absolute Gasteiger partial charge is 0.430 e. The Morgan fingerprint density at radius 1 is 1.02 bits per heavy atom. The number of Topliss-reactive ketones (excluding diaryl/α,β-unsaturated/α-hetero) is 1. The number of quaternary nitrogens is 1. The van der Waals surface area contributed by atoms with Gasteiger partial charge in [-0.1, -0.05) is 18.2 Å². The molecule has 4 rings (SSSR count). The van der Waals surface area contributed by atoms with Crippen LogP contribution in [0.2, 0.25) is 0 Å². The Kier molecular flexibility index (Phi) is 11.1. The summed E-state index contributed by atoms with van der Waals surface area (Å²) in [5.74, 6) is -3.34.